The Labute approximate surface area is 47.3 Å². The molecule has 0 aromatic heterocycles. The van der Waals surface area contributed by atoms with Crippen LogP contribution in [0.15, 0.2) is 0 Å². The highest BCUT2D eigenvalue weighted by Gasteiger charge is 1.93. The third-order valence-electron chi connectivity index (χ3n) is 0.542. The van der Waals surface area contributed by atoms with Crippen molar-refractivity contribution in [2.24, 2.45) is 5.73 Å². The Bertz CT molecular complexity index is 84.6. The van der Waals surface area contributed by atoms with Crippen LogP contribution in [0.4, 0.5) is 4.79 Å². The van der Waals surface area contributed by atoms with Crippen LogP contribution in [0, 0.1) is 0 Å². The SMILES string of the molecule is CON(C)NC(N)=O. The second-order valence-electron chi connectivity index (χ2n) is 1.16. The molecule has 5 heteroatoms. The molecule has 0 fully saturated rings. The minimum atomic E-state index is -0.644. The van der Waals surface area contributed by atoms with E-state index in [1.165, 1.54) is 14.2 Å². The fraction of sp³-hybridized carbons (Fsp3) is 0.667. The van der Waals surface area contributed by atoms with Gasteiger partial charge in [0.1, 0.15) is 0 Å². The lowest BCUT2D eigenvalue weighted by Gasteiger charge is -2.11. The minimum absolute atomic E-state index is 0.644. The molecule has 0 radical (unpaired) electrons. The smallest absolute Gasteiger partial charge is 0.328 e. The van der Waals surface area contributed by atoms with Gasteiger partial charge >= 0.3 is 6.03 Å². The summed E-state index contributed by atoms with van der Waals surface area (Å²) < 4.78 is 0. The van der Waals surface area contributed by atoms with Gasteiger partial charge in [0.25, 0.3) is 0 Å². The molecular weight excluding hydrogens is 110 g/mol. The zero-order valence-electron chi connectivity index (χ0n) is 4.84. The van der Waals surface area contributed by atoms with Gasteiger partial charge in [0.15, 0.2) is 0 Å². The predicted octanol–water partition coefficient (Wildman–Crippen LogP) is -0.937. The number of hydrogen-bond acceptors (Lipinski definition) is 3. The number of amides is 2. The first-order chi connectivity index (χ1) is 3.66. The predicted molar refractivity (Wildman–Crippen MR) is 27.5 cm³/mol. The first kappa shape index (κ1) is 7.19. The molecule has 0 saturated heterocycles. The third kappa shape index (κ3) is 3.38. The van der Waals surface area contributed by atoms with Gasteiger partial charge in [-0.25, -0.2) is 10.2 Å². The van der Waals surface area contributed by atoms with E-state index in [-0.39, 0.29) is 0 Å². The number of urea groups is 1. The Kier molecular flexibility index (Phi) is 2.90. The number of hydrazine groups is 1. The highest BCUT2D eigenvalue weighted by atomic mass is 16.7. The molecule has 0 aliphatic carbocycles. The van der Waals surface area contributed by atoms with E-state index < -0.39 is 6.03 Å². The molecule has 48 valence electrons. The van der Waals surface area contributed by atoms with Crippen LogP contribution in [0.5, 0.6) is 0 Å². The van der Waals surface area contributed by atoms with Gasteiger partial charge in [0, 0.05) is 7.05 Å². The topological polar surface area (TPSA) is 67.6 Å². The van der Waals surface area contributed by atoms with E-state index >= 15 is 0 Å². The van der Waals surface area contributed by atoms with Crippen molar-refractivity contribution in [3.05, 3.63) is 0 Å². The number of carbonyl (C=O) groups is 1. The normalized spacial score (nSPS) is 9.38. The van der Waals surface area contributed by atoms with Gasteiger partial charge in [0.2, 0.25) is 0 Å². The lowest BCUT2D eigenvalue weighted by molar-refractivity contribution is -0.136. The summed E-state index contributed by atoms with van der Waals surface area (Å²) in [6.45, 7) is 0. The van der Waals surface area contributed by atoms with Crippen LogP contribution < -0.4 is 11.2 Å². The molecule has 0 saturated carbocycles. The quantitative estimate of drug-likeness (QED) is 0.461. The lowest BCUT2D eigenvalue weighted by atomic mass is 11.1. The Morgan fingerprint density at radius 2 is 2.38 bits per heavy atom. The molecule has 8 heavy (non-hydrogen) atoms. The maximum atomic E-state index is 9.96. The number of hydroxylamine groups is 1. The molecule has 5 nitrogen and oxygen atoms in total. The number of hydrogen-bond donors (Lipinski definition) is 2. The van der Waals surface area contributed by atoms with Gasteiger partial charge in [-0.1, -0.05) is 0 Å². The molecule has 0 unspecified atom stereocenters. The van der Waals surface area contributed by atoms with Crippen LogP contribution >= 0.6 is 0 Å². The van der Waals surface area contributed by atoms with Crippen LogP contribution in [0.2, 0.25) is 0 Å². The van der Waals surface area contributed by atoms with Crippen molar-refractivity contribution in [3.63, 3.8) is 0 Å². The van der Waals surface area contributed by atoms with Crippen molar-refractivity contribution in [2.75, 3.05) is 14.2 Å². The Morgan fingerprint density at radius 1 is 1.88 bits per heavy atom. The third-order valence-corrected chi connectivity index (χ3v) is 0.542. The average molecular weight is 119 g/mol. The van der Waals surface area contributed by atoms with Crippen LogP contribution in [-0.4, -0.2) is 25.4 Å². The average Bonchev–Trinajstić information content (AvgIpc) is 1.65. The molecule has 0 aliphatic heterocycles. The number of carbonyl (C=O) groups excluding carboxylic acids is 1. The summed E-state index contributed by atoms with van der Waals surface area (Å²) in [6, 6.07) is -0.644. The van der Waals surface area contributed by atoms with E-state index in [4.69, 9.17) is 5.73 Å². The van der Waals surface area contributed by atoms with E-state index in [0.717, 1.165) is 5.17 Å². The lowest BCUT2D eigenvalue weighted by Crippen LogP contribution is -2.41. The van der Waals surface area contributed by atoms with Crippen molar-refractivity contribution < 1.29 is 9.63 Å². The number of nitrogens with zero attached hydrogens (tertiary/aromatic N) is 1. The van der Waals surface area contributed by atoms with E-state index in [9.17, 15) is 4.79 Å². The van der Waals surface area contributed by atoms with E-state index in [0.29, 0.717) is 0 Å². The summed E-state index contributed by atoms with van der Waals surface area (Å²) in [6.07, 6.45) is 0. The number of nitrogens with one attached hydrogen (secondary N) is 1. The molecular formula is C3H9N3O2. The molecule has 0 rings (SSSR count). The van der Waals surface area contributed by atoms with Crippen molar-refractivity contribution in [1.29, 1.82) is 0 Å². The summed E-state index contributed by atoms with van der Waals surface area (Å²) in [5, 5.41) is 1.10. The summed E-state index contributed by atoms with van der Waals surface area (Å²) in [5.74, 6) is 0. The first-order valence-corrected chi connectivity index (χ1v) is 2.00. The highest BCUT2D eigenvalue weighted by Crippen LogP contribution is 1.69. The number of nitrogens with two attached hydrogens (primary N) is 1. The van der Waals surface area contributed by atoms with Crippen LogP contribution in [-0.2, 0) is 4.84 Å². The van der Waals surface area contributed by atoms with Gasteiger partial charge in [-0.2, -0.15) is 0 Å². The summed E-state index contributed by atoms with van der Waals surface area (Å²) in [5.41, 5.74) is 6.84. The minimum Gasteiger partial charge on any atom is -0.350 e. The summed E-state index contributed by atoms with van der Waals surface area (Å²) >= 11 is 0. The van der Waals surface area contributed by atoms with Crippen molar-refractivity contribution in [1.82, 2.24) is 10.6 Å². The Morgan fingerprint density at radius 3 is 2.50 bits per heavy atom. The molecule has 0 heterocycles. The van der Waals surface area contributed by atoms with Gasteiger partial charge < -0.3 is 5.73 Å². The van der Waals surface area contributed by atoms with Gasteiger partial charge in [-0.05, 0) is 0 Å². The van der Waals surface area contributed by atoms with Crippen molar-refractivity contribution in [3.8, 4) is 0 Å². The first-order valence-electron chi connectivity index (χ1n) is 2.00. The van der Waals surface area contributed by atoms with Gasteiger partial charge in [0.05, 0.1) is 7.11 Å². The second-order valence-corrected chi connectivity index (χ2v) is 1.16. The molecule has 0 spiro atoms. The van der Waals surface area contributed by atoms with Crippen molar-refractivity contribution >= 4 is 6.03 Å². The molecule has 0 aromatic carbocycles. The van der Waals surface area contributed by atoms with Crippen LogP contribution in [0.25, 0.3) is 0 Å². The van der Waals surface area contributed by atoms with Crippen molar-refractivity contribution in [2.45, 2.75) is 0 Å². The molecule has 0 atom stereocenters. The Balaban J connectivity index is 3.24. The standard InChI is InChI=1S/C3H9N3O2/c1-6(8-2)5-3(4)7/h1-2H3,(H3,4,5,7). The Hall–Kier alpha value is -0.810. The number of primary amides is 1. The van der Waals surface area contributed by atoms with Gasteiger partial charge in [-0.15, -0.1) is 5.17 Å². The highest BCUT2D eigenvalue weighted by molar-refractivity contribution is 5.70. The second kappa shape index (κ2) is 3.23. The molecule has 0 aliphatic rings. The summed E-state index contributed by atoms with van der Waals surface area (Å²) in [4.78, 5) is 14.4. The monoisotopic (exact) mass is 119 g/mol. The molecule has 0 bridgehead atoms. The fourth-order valence-electron chi connectivity index (χ4n) is 0.201. The van der Waals surface area contributed by atoms with E-state index in [2.05, 4.69) is 10.3 Å². The van der Waals surface area contributed by atoms with Crippen LogP contribution in [0.1, 0.15) is 0 Å². The molecule has 0 aromatic rings. The molecule has 2 amide bonds. The number of rotatable bonds is 2. The largest absolute Gasteiger partial charge is 0.350 e. The maximum absolute atomic E-state index is 9.96. The zero-order chi connectivity index (χ0) is 6.57. The van der Waals surface area contributed by atoms with E-state index in [1.54, 1.807) is 0 Å². The molecule has 3 N–H and O–H groups in total. The van der Waals surface area contributed by atoms with Gasteiger partial charge in [-0.3, -0.25) is 4.84 Å². The fourth-order valence-corrected chi connectivity index (χ4v) is 0.201. The summed E-state index contributed by atoms with van der Waals surface area (Å²) in [7, 11) is 2.93. The zero-order valence-corrected chi connectivity index (χ0v) is 4.84. The van der Waals surface area contributed by atoms with E-state index in [1.807, 2.05) is 0 Å². The maximum Gasteiger partial charge on any atom is 0.328 e. The van der Waals surface area contributed by atoms with Crippen LogP contribution in [0.3, 0.4) is 0 Å².